The standard InChI is InChI=1S/C16H16OS2/c1-13-5-2-3-6-15(13)11-18-12-16-14(7-4-9-17)8-10-19-16/h2-3,5-6,8,10,17H,9,11-12H2,1H3. The highest BCUT2D eigenvalue weighted by Gasteiger charge is 2.03. The molecule has 0 fully saturated rings. The molecule has 1 nitrogen and oxygen atoms in total. The maximum Gasteiger partial charge on any atom is 0.104 e. The summed E-state index contributed by atoms with van der Waals surface area (Å²) in [6.07, 6.45) is 0. The van der Waals surface area contributed by atoms with E-state index in [2.05, 4.69) is 48.4 Å². The topological polar surface area (TPSA) is 20.2 Å². The number of aliphatic hydroxyl groups excluding tert-OH is 1. The lowest BCUT2D eigenvalue weighted by Gasteiger charge is -2.04. The van der Waals surface area contributed by atoms with Crippen molar-refractivity contribution in [2.75, 3.05) is 6.61 Å². The first-order valence-corrected chi connectivity index (χ1v) is 8.13. The average Bonchev–Trinajstić information content (AvgIpc) is 2.86. The molecule has 0 aliphatic carbocycles. The number of hydrogen-bond acceptors (Lipinski definition) is 3. The Balaban J connectivity index is 1.93. The highest BCUT2D eigenvalue weighted by molar-refractivity contribution is 7.97. The van der Waals surface area contributed by atoms with Crippen LogP contribution in [0.5, 0.6) is 0 Å². The first-order chi connectivity index (χ1) is 9.31. The molecule has 1 aromatic carbocycles. The average molecular weight is 288 g/mol. The van der Waals surface area contributed by atoms with Gasteiger partial charge in [-0.15, -0.1) is 11.3 Å². The minimum atomic E-state index is -0.0777. The molecule has 0 unspecified atom stereocenters. The van der Waals surface area contributed by atoms with E-state index >= 15 is 0 Å². The third-order valence-corrected chi connectivity index (χ3v) is 4.91. The lowest BCUT2D eigenvalue weighted by Crippen LogP contribution is -1.87. The van der Waals surface area contributed by atoms with Gasteiger partial charge in [-0.1, -0.05) is 36.1 Å². The fourth-order valence-corrected chi connectivity index (χ4v) is 3.85. The molecule has 98 valence electrons. The Bertz CT molecular complexity index is 590. The summed E-state index contributed by atoms with van der Waals surface area (Å²) in [5.74, 6) is 7.71. The van der Waals surface area contributed by atoms with Crippen LogP contribution in [0.1, 0.15) is 21.6 Å². The predicted molar refractivity (Wildman–Crippen MR) is 84.5 cm³/mol. The van der Waals surface area contributed by atoms with Gasteiger partial charge in [-0.25, -0.2) is 0 Å². The molecule has 1 aromatic heterocycles. The van der Waals surface area contributed by atoms with E-state index in [4.69, 9.17) is 5.11 Å². The van der Waals surface area contributed by atoms with E-state index in [1.807, 2.05) is 17.8 Å². The zero-order valence-corrected chi connectivity index (χ0v) is 12.5. The Labute approximate surface area is 122 Å². The zero-order chi connectivity index (χ0) is 13.5. The van der Waals surface area contributed by atoms with Gasteiger partial charge in [-0.05, 0) is 29.5 Å². The molecule has 0 aliphatic heterocycles. The largest absolute Gasteiger partial charge is 0.384 e. The van der Waals surface area contributed by atoms with Crippen LogP contribution in [0.15, 0.2) is 35.7 Å². The number of aryl methyl sites for hydroxylation is 1. The number of benzene rings is 1. The van der Waals surface area contributed by atoms with E-state index in [-0.39, 0.29) is 6.61 Å². The van der Waals surface area contributed by atoms with Gasteiger partial charge in [0.05, 0.1) is 0 Å². The molecule has 0 spiro atoms. The van der Waals surface area contributed by atoms with Crippen LogP contribution in [0.4, 0.5) is 0 Å². The van der Waals surface area contributed by atoms with Gasteiger partial charge in [-0.3, -0.25) is 0 Å². The van der Waals surface area contributed by atoms with E-state index < -0.39 is 0 Å². The van der Waals surface area contributed by atoms with Crippen LogP contribution in [0.2, 0.25) is 0 Å². The maximum atomic E-state index is 8.74. The summed E-state index contributed by atoms with van der Waals surface area (Å²) in [7, 11) is 0. The van der Waals surface area contributed by atoms with Crippen molar-refractivity contribution in [2.24, 2.45) is 0 Å². The van der Waals surface area contributed by atoms with Crippen molar-refractivity contribution in [2.45, 2.75) is 18.4 Å². The Morgan fingerprint density at radius 3 is 2.84 bits per heavy atom. The quantitative estimate of drug-likeness (QED) is 0.863. The monoisotopic (exact) mass is 288 g/mol. The van der Waals surface area contributed by atoms with Crippen LogP contribution in [-0.4, -0.2) is 11.7 Å². The van der Waals surface area contributed by atoms with Crippen molar-refractivity contribution in [3.05, 3.63) is 57.3 Å². The SMILES string of the molecule is Cc1ccccc1CSCc1sccc1C#CCO. The molecule has 2 aromatic rings. The van der Waals surface area contributed by atoms with E-state index in [0.717, 1.165) is 17.1 Å². The fraction of sp³-hybridized carbons (Fsp3) is 0.250. The minimum Gasteiger partial charge on any atom is -0.384 e. The van der Waals surface area contributed by atoms with Crippen LogP contribution < -0.4 is 0 Å². The summed E-state index contributed by atoms with van der Waals surface area (Å²) in [5.41, 5.74) is 3.80. The summed E-state index contributed by atoms with van der Waals surface area (Å²) >= 11 is 3.64. The first kappa shape index (κ1) is 14.2. The molecule has 3 heteroatoms. The van der Waals surface area contributed by atoms with Gasteiger partial charge in [0.2, 0.25) is 0 Å². The van der Waals surface area contributed by atoms with Gasteiger partial charge in [0.15, 0.2) is 0 Å². The predicted octanol–water partition coefficient (Wildman–Crippen LogP) is 3.83. The summed E-state index contributed by atoms with van der Waals surface area (Å²) in [6, 6.07) is 10.5. The van der Waals surface area contributed by atoms with Crippen LogP contribution in [0.25, 0.3) is 0 Å². The van der Waals surface area contributed by atoms with Crippen molar-refractivity contribution in [3.63, 3.8) is 0 Å². The molecular formula is C16H16OS2. The highest BCUT2D eigenvalue weighted by Crippen LogP contribution is 2.25. The molecule has 19 heavy (non-hydrogen) atoms. The number of hydrogen-bond donors (Lipinski definition) is 1. The summed E-state index contributed by atoms with van der Waals surface area (Å²) in [6.45, 7) is 2.07. The minimum absolute atomic E-state index is 0.0777. The van der Waals surface area contributed by atoms with Crippen molar-refractivity contribution < 1.29 is 5.11 Å². The number of aliphatic hydroxyl groups is 1. The second kappa shape index (κ2) is 7.40. The van der Waals surface area contributed by atoms with Gasteiger partial charge >= 0.3 is 0 Å². The molecule has 0 saturated heterocycles. The number of thioether (sulfide) groups is 1. The summed E-state index contributed by atoms with van der Waals surface area (Å²) in [5, 5.41) is 10.8. The van der Waals surface area contributed by atoms with Gasteiger partial charge < -0.3 is 5.11 Å². The smallest absolute Gasteiger partial charge is 0.104 e. The molecule has 0 amide bonds. The third kappa shape index (κ3) is 4.14. The lowest BCUT2D eigenvalue weighted by molar-refractivity contribution is 0.350. The third-order valence-electron chi connectivity index (χ3n) is 2.80. The Kier molecular flexibility index (Phi) is 5.53. The van der Waals surface area contributed by atoms with Crippen LogP contribution in [0, 0.1) is 18.8 Å². The number of thiophene rings is 1. The zero-order valence-electron chi connectivity index (χ0n) is 10.8. The summed E-state index contributed by atoms with van der Waals surface area (Å²) in [4.78, 5) is 1.29. The van der Waals surface area contributed by atoms with Crippen molar-refractivity contribution in [3.8, 4) is 11.8 Å². The first-order valence-electron chi connectivity index (χ1n) is 6.09. The van der Waals surface area contributed by atoms with Crippen molar-refractivity contribution in [1.29, 1.82) is 0 Å². The molecule has 0 saturated carbocycles. The Morgan fingerprint density at radius 1 is 1.21 bits per heavy atom. The van der Waals surface area contributed by atoms with Gasteiger partial charge in [0, 0.05) is 21.9 Å². The second-order valence-corrected chi connectivity index (χ2v) is 6.12. The molecule has 0 aliphatic rings. The fourth-order valence-electron chi connectivity index (χ4n) is 1.72. The second-order valence-electron chi connectivity index (χ2n) is 4.14. The number of rotatable bonds is 4. The van der Waals surface area contributed by atoms with Gasteiger partial charge in [0.25, 0.3) is 0 Å². The van der Waals surface area contributed by atoms with E-state index in [1.165, 1.54) is 16.0 Å². The molecule has 1 N–H and O–H groups in total. The molecule has 1 heterocycles. The van der Waals surface area contributed by atoms with Crippen LogP contribution in [0.3, 0.4) is 0 Å². The van der Waals surface area contributed by atoms with E-state index in [9.17, 15) is 0 Å². The molecule has 0 radical (unpaired) electrons. The molecule has 2 rings (SSSR count). The van der Waals surface area contributed by atoms with Gasteiger partial charge in [0.1, 0.15) is 6.61 Å². The van der Waals surface area contributed by atoms with E-state index in [1.54, 1.807) is 11.3 Å². The molecule has 0 bridgehead atoms. The maximum absolute atomic E-state index is 8.74. The Hall–Kier alpha value is -1.21. The van der Waals surface area contributed by atoms with Crippen molar-refractivity contribution >= 4 is 23.1 Å². The van der Waals surface area contributed by atoms with Crippen LogP contribution in [-0.2, 0) is 11.5 Å². The lowest BCUT2D eigenvalue weighted by atomic mass is 10.1. The van der Waals surface area contributed by atoms with Crippen molar-refractivity contribution in [1.82, 2.24) is 0 Å². The summed E-state index contributed by atoms with van der Waals surface area (Å²) < 4.78 is 0. The normalized spacial score (nSPS) is 10.0. The highest BCUT2D eigenvalue weighted by atomic mass is 32.2. The van der Waals surface area contributed by atoms with E-state index in [0.29, 0.717) is 0 Å². The molecular weight excluding hydrogens is 272 g/mol. The van der Waals surface area contributed by atoms with Crippen LogP contribution >= 0.6 is 23.1 Å². The molecule has 0 atom stereocenters. The van der Waals surface area contributed by atoms with Gasteiger partial charge in [-0.2, -0.15) is 11.8 Å². The Morgan fingerprint density at radius 2 is 2.05 bits per heavy atom.